The highest BCUT2D eigenvalue weighted by molar-refractivity contribution is 6.30. The summed E-state index contributed by atoms with van der Waals surface area (Å²) < 4.78 is 136. The van der Waals surface area contributed by atoms with Crippen LogP contribution in [-0.4, -0.2) is 18.3 Å². The van der Waals surface area contributed by atoms with Crippen LogP contribution in [-0.2, 0) is 6.18 Å². The first-order valence-electron chi connectivity index (χ1n) is 8.61. The molecule has 0 N–H and O–H groups in total. The van der Waals surface area contributed by atoms with Crippen molar-refractivity contribution in [1.29, 1.82) is 0 Å². The molecule has 0 fully saturated rings. The average Bonchev–Trinajstić information content (AvgIpc) is 2.61. The van der Waals surface area contributed by atoms with E-state index in [0.29, 0.717) is 30.3 Å². The standard InChI is InChI=1S/C20H11ClF10O2/c1-9(32)14-3-2-10(6-16(14)19(26,27)28)17(22)8-15(18(23,24)25)11-4-12(21)7-13(5-11)33-20(29,30)31/h2-8,15H,1H3/b17-8-. The number of carbonyl (C=O) groups excluding carboxylic acids is 1. The quantitative estimate of drug-likeness (QED) is 0.301. The minimum Gasteiger partial charge on any atom is -0.406 e. The van der Waals surface area contributed by atoms with Gasteiger partial charge in [0.1, 0.15) is 17.5 Å². The van der Waals surface area contributed by atoms with Crippen LogP contribution in [0.5, 0.6) is 5.75 Å². The van der Waals surface area contributed by atoms with Gasteiger partial charge in [0.05, 0.1) is 5.56 Å². The van der Waals surface area contributed by atoms with E-state index in [1.54, 1.807) is 0 Å². The number of allylic oxidation sites excluding steroid dienone is 1. The molecule has 2 aromatic carbocycles. The third-order valence-electron chi connectivity index (χ3n) is 4.13. The summed E-state index contributed by atoms with van der Waals surface area (Å²) in [5, 5.41) is -0.597. The number of rotatable bonds is 5. The topological polar surface area (TPSA) is 26.3 Å². The summed E-state index contributed by atoms with van der Waals surface area (Å²) >= 11 is 5.56. The summed E-state index contributed by atoms with van der Waals surface area (Å²) in [6.45, 7) is 0.815. The third-order valence-corrected chi connectivity index (χ3v) is 4.35. The number of hydrogen-bond acceptors (Lipinski definition) is 2. The van der Waals surface area contributed by atoms with Crippen LogP contribution in [0.15, 0.2) is 42.5 Å². The molecular formula is C20H11ClF10O2. The van der Waals surface area contributed by atoms with Crippen molar-refractivity contribution in [2.45, 2.75) is 31.6 Å². The Balaban J connectivity index is 2.60. The van der Waals surface area contributed by atoms with Gasteiger partial charge in [-0.1, -0.05) is 23.7 Å². The van der Waals surface area contributed by atoms with Crippen molar-refractivity contribution in [2.75, 3.05) is 0 Å². The Morgan fingerprint density at radius 3 is 2.06 bits per heavy atom. The molecule has 180 valence electrons. The van der Waals surface area contributed by atoms with Crippen molar-refractivity contribution < 1.29 is 53.4 Å². The molecule has 0 aliphatic rings. The molecule has 0 bridgehead atoms. The Labute approximate surface area is 184 Å². The highest BCUT2D eigenvalue weighted by Gasteiger charge is 2.41. The van der Waals surface area contributed by atoms with Crippen LogP contribution >= 0.6 is 11.6 Å². The highest BCUT2D eigenvalue weighted by atomic mass is 35.5. The van der Waals surface area contributed by atoms with Crippen molar-refractivity contribution in [3.8, 4) is 5.75 Å². The molecule has 2 rings (SSSR count). The van der Waals surface area contributed by atoms with Gasteiger partial charge in [-0.3, -0.25) is 4.79 Å². The zero-order chi connectivity index (χ0) is 25.4. The zero-order valence-electron chi connectivity index (χ0n) is 16.1. The fraction of sp³-hybridized carbons (Fsp3) is 0.250. The van der Waals surface area contributed by atoms with Gasteiger partial charge in [-0.2, -0.15) is 26.3 Å². The van der Waals surface area contributed by atoms with Crippen molar-refractivity contribution in [1.82, 2.24) is 0 Å². The lowest BCUT2D eigenvalue weighted by atomic mass is 9.95. The maximum Gasteiger partial charge on any atom is 0.573 e. The summed E-state index contributed by atoms with van der Waals surface area (Å²) in [6.07, 6.45) is -15.8. The smallest absolute Gasteiger partial charge is 0.406 e. The number of hydrogen-bond donors (Lipinski definition) is 0. The van der Waals surface area contributed by atoms with Gasteiger partial charge in [0.25, 0.3) is 0 Å². The second kappa shape index (κ2) is 9.24. The normalized spacial score (nSPS) is 14.2. The number of benzene rings is 2. The van der Waals surface area contributed by atoms with Gasteiger partial charge in [-0.25, -0.2) is 4.39 Å². The molecule has 13 heteroatoms. The number of ether oxygens (including phenoxy) is 1. The molecule has 0 radical (unpaired) electrons. The third kappa shape index (κ3) is 7.11. The number of ketones is 1. The zero-order valence-corrected chi connectivity index (χ0v) is 16.8. The molecule has 0 amide bonds. The van der Waals surface area contributed by atoms with Crippen molar-refractivity contribution in [3.05, 3.63) is 69.8 Å². The van der Waals surface area contributed by atoms with Gasteiger partial charge in [-0.05, 0) is 42.8 Å². The van der Waals surface area contributed by atoms with Gasteiger partial charge in [0.2, 0.25) is 0 Å². The van der Waals surface area contributed by atoms with E-state index in [2.05, 4.69) is 4.74 Å². The van der Waals surface area contributed by atoms with Crippen LogP contribution in [0, 0.1) is 0 Å². The molecule has 1 atom stereocenters. The van der Waals surface area contributed by atoms with Crippen LogP contribution in [0.25, 0.3) is 5.83 Å². The Bertz CT molecular complexity index is 1070. The second-order valence-corrected chi connectivity index (χ2v) is 7.05. The fourth-order valence-corrected chi connectivity index (χ4v) is 3.05. The van der Waals surface area contributed by atoms with E-state index in [1.807, 2.05) is 0 Å². The summed E-state index contributed by atoms with van der Waals surface area (Å²) in [5.41, 5.74) is -4.28. The summed E-state index contributed by atoms with van der Waals surface area (Å²) in [4.78, 5) is 11.4. The predicted octanol–water partition coefficient (Wildman–Crippen LogP) is 8.12. The summed E-state index contributed by atoms with van der Waals surface area (Å²) in [7, 11) is 0. The predicted molar refractivity (Wildman–Crippen MR) is 97.5 cm³/mol. The van der Waals surface area contributed by atoms with Crippen molar-refractivity contribution in [3.63, 3.8) is 0 Å². The molecular weight excluding hydrogens is 498 g/mol. The minimum atomic E-state index is -5.27. The molecule has 0 aliphatic carbocycles. The van der Waals surface area contributed by atoms with E-state index in [-0.39, 0.29) is 12.1 Å². The van der Waals surface area contributed by atoms with Crippen LogP contribution in [0.3, 0.4) is 0 Å². The SMILES string of the molecule is CC(=O)c1ccc(/C(F)=C/C(c2cc(Cl)cc(OC(F)(F)F)c2)C(F)(F)F)cc1C(F)(F)F. The molecule has 33 heavy (non-hydrogen) atoms. The number of alkyl halides is 9. The van der Waals surface area contributed by atoms with E-state index in [1.165, 1.54) is 0 Å². The fourth-order valence-electron chi connectivity index (χ4n) is 2.81. The van der Waals surface area contributed by atoms with Crippen LogP contribution in [0.1, 0.15) is 39.9 Å². The molecule has 2 aromatic rings. The first-order valence-corrected chi connectivity index (χ1v) is 8.99. The van der Waals surface area contributed by atoms with E-state index in [4.69, 9.17) is 11.6 Å². The molecule has 0 heterocycles. The Hall–Kier alpha value is -2.76. The van der Waals surface area contributed by atoms with E-state index in [9.17, 15) is 48.7 Å². The van der Waals surface area contributed by atoms with Crippen molar-refractivity contribution >= 4 is 23.2 Å². The first-order chi connectivity index (χ1) is 14.9. The lowest BCUT2D eigenvalue weighted by Crippen LogP contribution is -2.20. The molecule has 0 spiro atoms. The minimum absolute atomic E-state index is 0.119. The van der Waals surface area contributed by atoms with Crippen LogP contribution in [0.2, 0.25) is 5.02 Å². The van der Waals surface area contributed by atoms with E-state index < -0.39 is 69.3 Å². The lowest BCUT2D eigenvalue weighted by Gasteiger charge is -2.19. The van der Waals surface area contributed by atoms with Gasteiger partial charge in [-0.15, -0.1) is 13.2 Å². The molecule has 0 saturated heterocycles. The average molecular weight is 509 g/mol. The second-order valence-electron chi connectivity index (χ2n) is 6.62. The first kappa shape index (κ1) is 26.5. The molecule has 0 aliphatic heterocycles. The van der Waals surface area contributed by atoms with Gasteiger partial charge in [0, 0.05) is 16.1 Å². The van der Waals surface area contributed by atoms with Gasteiger partial charge < -0.3 is 4.74 Å². The maximum atomic E-state index is 14.6. The number of carbonyl (C=O) groups is 1. The Kier molecular flexibility index (Phi) is 7.42. The largest absolute Gasteiger partial charge is 0.573 e. The van der Waals surface area contributed by atoms with Gasteiger partial charge in [0.15, 0.2) is 5.78 Å². The van der Waals surface area contributed by atoms with E-state index in [0.717, 1.165) is 6.92 Å². The summed E-state index contributed by atoms with van der Waals surface area (Å²) in [6, 6.07) is 2.93. The molecule has 0 aromatic heterocycles. The van der Waals surface area contributed by atoms with Crippen LogP contribution < -0.4 is 4.74 Å². The molecule has 1 unspecified atom stereocenters. The Morgan fingerprint density at radius 2 is 1.58 bits per heavy atom. The monoisotopic (exact) mass is 508 g/mol. The summed E-state index contributed by atoms with van der Waals surface area (Å²) in [5.74, 6) is -6.79. The maximum absolute atomic E-state index is 14.6. The Morgan fingerprint density at radius 1 is 0.970 bits per heavy atom. The van der Waals surface area contributed by atoms with Crippen molar-refractivity contribution in [2.24, 2.45) is 0 Å². The molecule has 2 nitrogen and oxygen atoms in total. The number of Topliss-reactive ketones (excluding diaryl/α,β-unsaturated/α-hetero) is 1. The highest BCUT2D eigenvalue weighted by Crippen LogP contribution is 2.42. The lowest BCUT2D eigenvalue weighted by molar-refractivity contribution is -0.274. The molecule has 0 saturated carbocycles. The van der Waals surface area contributed by atoms with Gasteiger partial charge >= 0.3 is 18.7 Å². The van der Waals surface area contributed by atoms with E-state index >= 15 is 0 Å². The van der Waals surface area contributed by atoms with Crippen LogP contribution in [0.4, 0.5) is 43.9 Å². The number of halogens is 11.